The summed E-state index contributed by atoms with van der Waals surface area (Å²) in [5.74, 6) is 0.605. The molecule has 2 N–H and O–H groups in total. The zero-order chi connectivity index (χ0) is 13.0. The van der Waals surface area contributed by atoms with Gasteiger partial charge in [0.1, 0.15) is 6.33 Å². The highest BCUT2D eigenvalue weighted by Crippen LogP contribution is 2.16. The van der Waals surface area contributed by atoms with E-state index in [9.17, 15) is 4.79 Å². The van der Waals surface area contributed by atoms with Crippen molar-refractivity contribution in [1.82, 2.24) is 14.8 Å². The van der Waals surface area contributed by atoms with Crippen molar-refractivity contribution in [2.75, 3.05) is 10.6 Å². The third-order valence-electron chi connectivity index (χ3n) is 2.48. The van der Waals surface area contributed by atoms with E-state index in [1.807, 2.05) is 31.3 Å². The highest BCUT2D eigenvalue weighted by Gasteiger charge is 2.04. The monoisotopic (exact) mass is 245 g/mol. The van der Waals surface area contributed by atoms with E-state index in [0.717, 1.165) is 11.3 Å². The van der Waals surface area contributed by atoms with Crippen LogP contribution in [0, 0.1) is 0 Å². The number of anilines is 2. The first kappa shape index (κ1) is 12.1. The Morgan fingerprint density at radius 2 is 2.17 bits per heavy atom. The first-order valence-corrected chi connectivity index (χ1v) is 5.60. The van der Waals surface area contributed by atoms with Crippen LogP contribution in [0.5, 0.6) is 0 Å². The van der Waals surface area contributed by atoms with Gasteiger partial charge < -0.3 is 10.6 Å². The van der Waals surface area contributed by atoms with Crippen LogP contribution >= 0.6 is 0 Å². The van der Waals surface area contributed by atoms with Crippen LogP contribution in [0.3, 0.4) is 0 Å². The number of carbonyl (C=O) groups is 1. The summed E-state index contributed by atoms with van der Waals surface area (Å²) in [6.07, 6.45) is 1.49. The maximum atomic E-state index is 11.1. The molecule has 0 aliphatic carbocycles. The molecule has 0 fully saturated rings. The molecule has 1 heterocycles. The number of nitrogens with one attached hydrogen (secondary N) is 2. The summed E-state index contributed by atoms with van der Waals surface area (Å²) in [5.41, 5.74) is 1.80. The molecule has 0 atom stereocenters. The molecule has 6 heteroatoms. The summed E-state index contributed by atoms with van der Waals surface area (Å²) in [4.78, 5) is 15.2. The van der Waals surface area contributed by atoms with Crippen LogP contribution in [0.25, 0.3) is 0 Å². The summed E-state index contributed by atoms with van der Waals surface area (Å²) in [5, 5.41) is 9.93. The van der Waals surface area contributed by atoms with E-state index >= 15 is 0 Å². The van der Waals surface area contributed by atoms with Crippen molar-refractivity contribution >= 4 is 17.5 Å². The minimum absolute atomic E-state index is 0.0823. The van der Waals surface area contributed by atoms with Crippen molar-refractivity contribution in [2.24, 2.45) is 7.05 Å². The Hall–Kier alpha value is -2.37. The van der Waals surface area contributed by atoms with Crippen molar-refractivity contribution < 1.29 is 4.79 Å². The fourth-order valence-electron chi connectivity index (χ4n) is 1.62. The molecule has 18 heavy (non-hydrogen) atoms. The summed E-state index contributed by atoms with van der Waals surface area (Å²) in [6, 6.07) is 7.64. The van der Waals surface area contributed by atoms with Crippen LogP contribution in [0.4, 0.5) is 11.6 Å². The van der Waals surface area contributed by atoms with Gasteiger partial charge in [-0.2, -0.15) is 10.1 Å². The normalized spacial score (nSPS) is 10.1. The van der Waals surface area contributed by atoms with Crippen molar-refractivity contribution in [2.45, 2.75) is 13.5 Å². The lowest BCUT2D eigenvalue weighted by Gasteiger charge is -2.10. The third kappa shape index (κ3) is 2.85. The number of para-hydroxylation sites is 1. The molecule has 0 unspecified atom stereocenters. The molecule has 1 aromatic carbocycles. The minimum atomic E-state index is -0.0823. The number of hydrogen-bond donors (Lipinski definition) is 2. The minimum Gasteiger partial charge on any atom is -0.350 e. The fraction of sp³-hybridized carbons (Fsp3) is 0.250. The van der Waals surface area contributed by atoms with Crippen LogP contribution in [-0.4, -0.2) is 20.7 Å². The SMILES string of the molecule is CC(=O)Nc1ccccc1CNc1ncnn1C. The van der Waals surface area contributed by atoms with Gasteiger partial charge in [0.05, 0.1) is 0 Å². The number of nitrogens with zero attached hydrogens (tertiary/aromatic N) is 3. The van der Waals surface area contributed by atoms with Gasteiger partial charge in [-0.1, -0.05) is 18.2 Å². The molecule has 0 bridgehead atoms. The summed E-state index contributed by atoms with van der Waals surface area (Å²) >= 11 is 0. The molecule has 94 valence electrons. The molecule has 0 radical (unpaired) electrons. The smallest absolute Gasteiger partial charge is 0.221 e. The van der Waals surface area contributed by atoms with Crippen molar-refractivity contribution in [3.63, 3.8) is 0 Å². The lowest BCUT2D eigenvalue weighted by Crippen LogP contribution is -2.11. The van der Waals surface area contributed by atoms with Gasteiger partial charge in [-0.25, -0.2) is 4.68 Å². The van der Waals surface area contributed by atoms with Gasteiger partial charge in [0, 0.05) is 26.2 Å². The van der Waals surface area contributed by atoms with E-state index < -0.39 is 0 Å². The van der Waals surface area contributed by atoms with Gasteiger partial charge in [-0.15, -0.1) is 0 Å². The Balaban J connectivity index is 2.09. The van der Waals surface area contributed by atoms with Gasteiger partial charge in [0.2, 0.25) is 11.9 Å². The topological polar surface area (TPSA) is 71.8 Å². The van der Waals surface area contributed by atoms with Crippen LogP contribution in [0.2, 0.25) is 0 Å². The van der Waals surface area contributed by atoms with E-state index in [1.165, 1.54) is 13.3 Å². The van der Waals surface area contributed by atoms with Gasteiger partial charge in [-0.3, -0.25) is 4.79 Å². The maximum Gasteiger partial charge on any atom is 0.221 e. The molecule has 0 saturated heterocycles. The van der Waals surface area contributed by atoms with Gasteiger partial charge >= 0.3 is 0 Å². The second kappa shape index (κ2) is 5.31. The highest BCUT2D eigenvalue weighted by atomic mass is 16.1. The van der Waals surface area contributed by atoms with Crippen molar-refractivity contribution in [3.8, 4) is 0 Å². The molecular weight excluding hydrogens is 230 g/mol. The number of carbonyl (C=O) groups excluding carboxylic acids is 1. The standard InChI is InChI=1S/C12H15N5O/c1-9(18)16-11-6-4-3-5-10(11)7-13-12-14-8-15-17(12)2/h3-6,8H,7H2,1-2H3,(H,16,18)(H,13,14,15). The number of aromatic nitrogens is 3. The zero-order valence-corrected chi connectivity index (χ0v) is 10.3. The second-order valence-electron chi connectivity index (χ2n) is 3.90. The molecule has 1 amide bonds. The molecule has 0 saturated carbocycles. The van der Waals surface area contributed by atoms with E-state index in [2.05, 4.69) is 20.7 Å². The predicted octanol–water partition coefficient (Wildman–Crippen LogP) is 1.39. The first-order chi connectivity index (χ1) is 8.66. The molecule has 1 aromatic heterocycles. The van der Waals surface area contributed by atoms with E-state index in [0.29, 0.717) is 12.5 Å². The lowest BCUT2D eigenvalue weighted by atomic mass is 10.2. The molecule has 6 nitrogen and oxygen atoms in total. The van der Waals surface area contributed by atoms with Crippen molar-refractivity contribution in [3.05, 3.63) is 36.2 Å². The summed E-state index contributed by atoms with van der Waals surface area (Å²) < 4.78 is 1.65. The highest BCUT2D eigenvalue weighted by molar-refractivity contribution is 5.89. The number of hydrogen-bond acceptors (Lipinski definition) is 4. The van der Waals surface area contributed by atoms with Gasteiger partial charge in [0.25, 0.3) is 0 Å². The quantitative estimate of drug-likeness (QED) is 0.853. The molecular formula is C12H15N5O. The average molecular weight is 245 g/mol. The number of amides is 1. The van der Waals surface area contributed by atoms with E-state index in [-0.39, 0.29) is 5.91 Å². The van der Waals surface area contributed by atoms with Gasteiger partial charge in [-0.05, 0) is 11.6 Å². The second-order valence-corrected chi connectivity index (χ2v) is 3.90. The Morgan fingerprint density at radius 1 is 1.39 bits per heavy atom. The molecule has 2 rings (SSSR count). The number of aryl methyl sites for hydroxylation is 1. The molecule has 0 aliphatic heterocycles. The Kier molecular flexibility index (Phi) is 3.57. The molecule has 0 spiro atoms. The van der Waals surface area contributed by atoms with Crippen LogP contribution < -0.4 is 10.6 Å². The van der Waals surface area contributed by atoms with Crippen LogP contribution in [0.15, 0.2) is 30.6 Å². The Morgan fingerprint density at radius 3 is 2.83 bits per heavy atom. The third-order valence-corrected chi connectivity index (χ3v) is 2.48. The van der Waals surface area contributed by atoms with Crippen molar-refractivity contribution in [1.29, 1.82) is 0 Å². The average Bonchev–Trinajstić information content (AvgIpc) is 2.73. The predicted molar refractivity (Wildman–Crippen MR) is 69.1 cm³/mol. The molecule has 2 aromatic rings. The number of rotatable bonds is 4. The molecule has 0 aliphatic rings. The van der Waals surface area contributed by atoms with E-state index in [1.54, 1.807) is 4.68 Å². The summed E-state index contributed by atoms with van der Waals surface area (Å²) in [6.45, 7) is 2.07. The first-order valence-electron chi connectivity index (χ1n) is 5.60. The van der Waals surface area contributed by atoms with Crippen LogP contribution in [-0.2, 0) is 18.4 Å². The summed E-state index contributed by atoms with van der Waals surface area (Å²) in [7, 11) is 1.81. The fourth-order valence-corrected chi connectivity index (χ4v) is 1.62. The zero-order valence-electron chi connectivity index (χ0n) is 10.3. The van der Waals surface area contributed by atoms with Gasteiger partial charge in [0.15, 0.2) is 0 Å². The van der Waals surface area contributed by atoms with E-state index in [4.69, 9.17) is 0 Å². The Labute approximate surface area is 105 Å². The lowest BCUT2D eigenvalue weighted by molar-refractivity contribution is -0.114. The largest absolute Gasteiger partial charge is 0.350 e. The maximum absolute atomic E-state index is 11.1. The number of benzene rings is 1. The van der Waals surface area contributed by atoms with Crippen LogP contribution in [0.1, 0.15) is 12.5 Å². The Bertz CT molecular complexity index is 549.